The predicted octanol–water partition coefficient (Wildman–Crippen LogP) is 3.05. The Hall–Kier alpha value is -1.32. The SMILES string of the molecule is Cc1ccc2oc(C(CC3CC3)NN)cc2c1. The Morgan fingerprint density at radius 2 is 2.24 bits per heavy atom. The fraction of sp³-hybridized carbons (Fsp3) is 0.429. The van der Waals surface area contributed by atoms with Crippen LogP contribution in [0.4, 0.5) is 0 Å². The van der Waals surface area contributed by atoms with Crippen LogP contribution in [0.5, 0.6) is 0 Å². The second kappa shape index (κ2) is 4.17. The van der Waals surface area contributed by atoms with Crippen molar-refractivity contribution in [1.29, 1.82) is 0 Å². The fourth-order valence-electron chi connectivity index (χ4n) is 2.31. The van der Waals surface area contributed by atoms with Crippen molar-refractivity contribution in [2.45, 2.75) is 32.2 Å². The van der Waals surface area contributed by atoms with Crippen LogP contribution in [0.15, 0.2) is 28.7 Å². The average Bonchev–Trinajstić information content (AvgIpc) is 3.04. The maximum absolute atomic E-state index is 5.86. The van der Waals surface area contributed by atoms with Gasteiger partial charge in [0.25, 0.3) is 0 Å². The van der Waals surface area contributed by atoms with Gasteiger partial charge in [-0.15, -0.1) is 0 Å². The Morgan fingerprint density at radius 3 is 2.94 bits per heavy atom. The lowest BCUT2D eigenvalue weighted by atomic mass is 10.1. The Bertz CT molecular complexity index is 528. The van der Waals surface area contributed by atoms with Gasteiger partial charge in [-0.1, -0.05) is 24.5 Å². The van der Waals surface area contributed by atoms with Crippen LogP contribution >= 0.6 is 0 Å². The molecular weight excluding hydrogens is 212 g/mol. The van der Waals surface area contributed by atoms with Gasteiger partial charge >= 0.3 is 0 Å². The third-order valence-corrected chi connectivity index (χ3v) is 3.50. The molecule has 1 aromatic heterocycles. The largest absolute Gasteiger partial charge is 0.459 e. The first-order chi connectivity index (χ1) is 8.26. The van der Waals surface area contributed by atoms with Crippen LogP contribution in [-0.2, 0) is 0 Å². The van der Waals surface area contributed by atoms with E-state index in [9.17, 15) is 0 Å². The Labute approximate surface area is 101 Å². The van der Waals surface area contributed by atoms with Crippen molar-refractivity contribution in [3.8, 4) is 0 Å². The lowest BCUT2D eigenvalue weighted by Gasteiger charge is -2.11. The molecule has 1 fully saturated rings. The van der Waals surface area contributed by atoms with Gasteiger partial charge < -0.3 is 4.42 Å². The molecule has 1 atom stereocenters. The summed E-state index contributed by atoms with van der Waals surface area (Å²) in [5.74, 6) is 7.41. The number of nitrogens with two attached hydrogens (primary N) is 1. The van der Waals surface area contributed by atoms with E-state index in [1.807, 2.05) is 6.07 Å². The van der Waals surface area contributed by atoms with Gasteiger partial charge in [-0.05, 0) is 37.5 Å². The molecule has 3 heteroatoms. The summed E-state index contributed by atoms with van der Waals surface area (Å²) in [6.45, 7) is 2.09. The van der Waals surface area contributed by atoms with E-state index < -0.39 is 0 Å². The van der Waals surface area contributed by atoms with Crippen LogP contribution in [0.2, 0.25) is 0 Å². The molecule has 0 radical (unpaired) electrons. The van der Waals surface area contributed by atoms with Gasteiger partial charge in [0, 0.05) is 5.39 Å². The summed E-state index contributed by atoms with van der Waals surface area (Å²) < 4.78 is 5.86. The van der Waals surface area contributed by atoms with Gasteiger partial charge in [-0.25, -0.2) is 5.43 Å². The predicted molar refractivity (Wildman–Crippen MR) is 68.4 cm³/mol. The van der Waals surface area contributed by atoms with Gasteiger partial charge in [0.1, 0.15) is 11.3 Å². The molecule has 0 amide bonds. The van der Waals surface area contributed by atoms with E-state index in [2.05, 4.69) is 30.5 Å². The van der Waals surface area contributed by atoms with Crippen molar-refractivity contribution in [1.82, 2.24) is 5.43 Å². The van der Waals surface area contributed by atoms with Gasteiger partial charge in [-0.3, -0.25) is 5.84 Å². The lowest BCUT2D eigenvalue weighted by molar-refractivity contribution is 0.402. The molecule has 0 saturated heterocycles. The normalized spacial score (nSPS) is 17.5. The number of hydrogen-bond acceptors (Lipinski definition) is 3. The molecule has 17 heavy (non-hydrogen) atoms. The minimum atomic E-state index is 0.148. The van der Waals surface area contributed by atoms with E-state index in [0.717, 1.165) is 29.1 Å². The van der Waals surface area contributed by atoms with Crippen molar-refractivity contribution >= 4 is 11.0 Å². The maximum Gasteiger partial charge on any atom is 0.134 e. The molecule has 3 N–H and O–H groups in total. The zero-order chi connectivity index (χ0) is 11.8. The van der Waals surface area contributed by atoms with E-state index >= 15 is 0 Å². The molecule has 1 saturated carbocycles. The molecule has 0 aliphatic heterocycles. The first-order valence-corrected chi connectivity index (χ1v) is 6.22. The van der Waals surface area contributed by atoms with Crippen LogP contribution in [0.3, 0.4) is 0 Å². The Morgan fingerprint density at radius 1 is 1.41 bits per heavy atom. The summed E-state index contributed by atoms with van der Waals surface area (Å²) in [4.78, 5) is 0. The molecule has 0 bridgehead atoms. The van der Waals surface area contributed by atoms with E-state index in [0.29, 0.717) is 0 Å². The summed E-state index contributed by atoms with van der Waals surface area (Å²) in [5.41, 5.74) is 5.07. The number of furan rings is 1. The quantitative estimate of drug-likeness (QED) is 0.627. The molecule has 1 aliphatic carbocycles. The highest BCUT2D eigenvalue weighted by Crippen LogP contribution is 2.38. The number of fused-ring (bicyclic) bond motifs is 1. The number of hydrazine groups is 1. The van der Waals surface area contributed by atoms with E-state index in [1.165, 1.54) is 18.4 Å². The van der Waals surface area contributed by atoms with Crippen LogP contribution in [0.1, 0.15) is 36.6 Å². The van der Waals surface area contributed by atoms with Crippen LogP contribution in [-0.4, -0.2) is 0 Å². The number of nitrogens with one attached hydrogen (secondary N) is 1. The summed E-state index contributed by atoms with van der Waals surface area (Å²) in [6.07, 6.45) is 3.74. The Balaban J connectivity index is 1.92. The second-order valence-corrected chi connectivity index (χ2v) is 5.09. The summed E-state index contributed by atoms with van der Waals surface area (Å²) >= 11 is 0. The minimum absolute atomic E-state index is 0.148. The van der Waals surface area contributed by atoms with Gasteiger partial charge in [0.15, 0.2) is 0 Å². The number of hydrogen-bond donors (Lipinski definition) is 2. The van der Waals surface area contributed by atoms with Crippen molar-refractivity contribution in [3.63, 3.8) is 0 Å². The van der Waals surface area contributed by atoms with Crippen molar-refractivity contribution in [2.24, 2.45) is 11.8 Å². The summed E-state index contributed by atoms with van der Waals surface area (Å²) in [6, 6.07) is 8.50. The third-order valence-electron chi connectivity index (χ3n) is 3.50. The maximum atomic E-state index is 5.86. The summed E-state index contributed by atoms with van der Waals surface area (Å²) in [5, 5.41) is 1.16. The van der Waals surface area contributed by atoms with Crippen LogP contribution < -0.4 is 11.3 Å². The standard InChI is InChI=1S/C14H18N2O/c1-9-2-5-13-11(6-9)8-14(17-13)12(16-15)7-10-3-4-10/h2,5-6,8,10,12,16H,3-4,7,15H2,1H3. The topological polar surface area (TPSA) is 51.2 Å². The summed E-state index contributed by atoms with van der Waals surface area (Å²) in [7, 11) is 0. The zero-order valence-corrected chi connectivity index (χ0v) is 10.1. The van der Waals surface area contributed by atoms with Crippen molar-refractivity contribution in [2.75, 3.05) is 0 Å². The molecule has 0 spiro atoms. The first kappa shape index (κ1) is 10.8. The first-order valence-electron chi connectivity index (χ1n) is 6.22. The smallest absolute Gasteiger partial charge is 0.134 e. The number of rotatable bonds is 4. The molecule has 1 heterocycles. The van der Waals surface area contributed by atoms with Crippen molar-refractivity contribution < 1.29 is 4.42 Å². The second-order valence-electron chi connectivity index (χ2n) is 5.09. The fourth-order valence-corrected chi connectivity index (χ4v) is 2.31. The number of benzene rings is 1. The van der Waals surface area contributed by atoms with Gasteiger partial charge in [0.05, 0.1) is 6.04 Å². The van der Waals surface area contributed by atoms with E-state index in [1.54, 1.807) is 0 Å². The van der Waals surface area contributed by atoms with Crippen molar-refractivity contribution in [3.05, 3.63) is 35.6 Å². The number of aryl methyl sites for hydroxylation is 1. The monoisotopic (exact) mass is 230 g/mol. The zero-order valence-electron chi connectivity index (χ0n) is 10.1. The molecule has 2 aromatic rings. The minimum Gasteiger partial charge on any atom is -0.459 e. The molecule has 1 aliphatic rings. The van der Waals surface area contributed by atoms with E-state index in [4.69, 9.17) is 10.3 Å². The molecule has 3 rings (SSSR count). The van der Waals surface area contributed by atoms with E-state index in [-0.39, 0.29) is 6.04 Å². The molecule has 3 nitrogen and oxygen atoms in total. The third kappa shape index (κ3) is 2.21. The molecular formula is C14H18N2O. The highest BCUT2D eigenvalue weighted by atomic mass is 16.3. The molecule has 1 aromatic carbocycles. The van der Waals surface area contributed by atoms with Gasteiger partial charge in [-0.2, -0.15) is 0 Å². The Kier molecular flexibility index (Phi) is 2.65. The highest BCUT2D eigenvalue weighted by molar-refractivity contribution is 5.78. The van der Waals surface area contributed by atoms with Gasteiger partial charge in [0.2, 0.25) is 0 Å². The average molecular weight is 230 g/mol. The highest BCUT2D eigenvalue weighted by Gasteiger charge is 2.27. The van der Waals surface area contributed by atoms with Crippen LogP contribution in [0, 0.1) is 12.8 Å². The molecule has 1 unspecified atom stereocenters. The molecule has 90 valence electrons. The lowest BCUT2D eigenvalue weighted by Crippen LogP contribution is -2.28. The van der Waals surface area contributed by atoms with Crippen LogP contribution in [0.25, 0.3) is 11.0 Å².